The van der Waals surface area contributed by atoms with Gasteiger partial charge in [-0.3, -0.25) is 0 Å². The molecule has 1 rings (SSSR count). The molecule has 108 valence electrons. The van der Waals surface area contributed by atoms with Crippen LogP contribution < -0.4 is 5.32 Å². The van der Waals surface area contributed by atoms with Crippen molar-refractivity contribution < 1.29 is 4.39 Å². The molecular weight excluding hydrogens is 261 g/mol. The summed E-state index contributed by atoms with van der Waals surface area (Å²) in [5.74, 6) is 0.915. The van der Waals surface area contributed by atoms with Gasteiger partial charge in [-0.2, -0.15) is 0 Å². The van der Waals surface area contributed by atoms with Crippen LogP contribution in [0.1, 0.15) is 39.7 Å². The molecule has 1 aromatic carbocycles. The van der Waals surface area contributed by atoms with Gasteiger partial charge in [-0.25, -0.2) is 4.39 Å². The van der Waals surface area contributed by atoms with Crippen molar-refractivity contribution in [2.24, 2.45) is 11.8 Å². The van der Waals surface area contributed by atoms with Gasteiger partial charge in [0.15, 0.2) is 0 Å². The largest absolute Gasteiger partial charge is 0.314 e. The highest BCUT2D eigenvalue weighted by atomic mass is 35.5. The Kier molecular flexibility index (Phi) is 6.81. The van der Waals surface area contributed by atoms with Gasteiger partial charge in [0.1, 0.15) is 5.82 Å². The van der Waals surface area contributed by atoms with E-state index in [0.717, 1.165) is 24.9 Å². The smallest absolute Gasteiger partial charge is 0.124 e. The highest BCUT2D eigenvalue weighted by molar-refractivity contribution is 6.31. The number of benzene rings is 1. The molecule has 1 atom stereocenters. The van der Waals surface area contributed by atoms with E-state index >= 15 is 0 Å². The zero-order chi connectivity index (χ0) is 14.4. The van der Waals surface area contributed by atoms with Crippen molar-refractivity contribution in [1.82, 2.24) is 5.32 Å². The first-order valence-electron chi connectivity index (χ1n) is 7.05. The van der Waals surface area contributed by atoms with Crippen LogP contribution in [0.2, 0.25) is 5.02 Å². The molecule has 0 heterocycles. The first-order valence-corrected chi connectivity index (χ1v) is 7.43. The summed E-state index contributed by atoms with van der Waals surface area (Å²) < 4.78 is 13.1. The van der Waals surface area contributed by atoms with E-state index in [4.69, 9.17) is 11.6 Å². The molecule has 0 amide bonds. The molecule has 19 heavy (non-hydrogen) atoms. The molecule has 0 saturated heterocycles. The van der Waals surface area contributed by atoms with Gasteiger partial charge in [-0.15, -0.1) is 0 Å². The van der Waals surface area contributed by atoms with Gasteiger partial charge in [-0.1, -0.05) is 45.4 Å². The van der Waals surface area contributed by atoms with Crippen LogP contribution in [0.25, 0.3) is 0 Å². The molecule has 1 N–H and O–H groups in total. The molecule has 0 spiro atoms. The third-order valence-electron chi connectivity index (χ3n) is 3.14. The average Bonchev–Trinajstić information content (AvgIpc) is 2.28. The monoisotopic (exact) mass is 285 g/mol. The minimum absolute atomic E-state index is 0.269. The Balaban J connectivity index is 2.69. The topological polar surface area (TPSA) is 12.0 Å². The molecule has 0 fully saturated rings. The minimum atomic E-state index is -0.269. The van der Waals surface area contributed by atoms with E-state index < -0.39 is 0 Å². The number of rotatable bonds is 7. The normalized spacial score (nSPS) is 13.3. The second-order valence-electron chi connectivity index (χ2n) is 6.00. The Morgan fingerprint density at radius 2 is 1.89 bits per heavy atom. The lowest BCUT2D eigenvalue weighted by molar-refractivity contribution is 0.373. The SMILES string of the molecule is CC(C)CC(CNC(C)C)Cc1ccc(F)cc1Cl. The Hall–Kier alpha value is -0.600. The Bertz CT molecular complexity index is 390. The lowest BCUT2D eigenvalue weighted by Gasteiger charge is -2.21. The first kappa shape index (κ1) is 16.5. The minimum Gasteiger partial charge on any atom is -0.314 e. The summed E-state index contributed by atoms with van der Waals surface area (Å²) in [6.45, 7) is 9.74. The molecule has 0 aromatic heterocycles. The van der Waals surface area contributed by atoms with Crippen molar-refractivity contribution >= 4 is 11.6 Å². The van der Waals surface area contributed by atoms with Gasteiger partial charge < -0.3 is 5.32 Å². The van der Waals surface area contributed by atoms with Crippen LogP contribution in [0.3, 0.4) is 0 Å². The zero-order valence-electron chi connectivity index (χ0n) is 12.3. The molecule has 1 aromatic rings. The second-order valence-corrected chi connectivity index (χ2v) is 6.41. The van der Waals surface area contributed by atoms with Crippen molar-refractivity contribution in [3.8, 4) is 0 Å². The molecule has 0 aliphatic heterocycles. The van der Waals surface area contributed by atoms with Crippen LogP contribution in [0, 0.1) is 17.7 Å². The number of nitrogens with one attached hydrogen (secondary N) is 1. The van der Waals surface area contributed by atoms with Crippen LogP contribution in [0.4, 0.5) is 4.39 Å². The lowest BCUT2D eigenvalue weighted by atomic mass is 9.90. The average molecular weight is 286 g/mol. The van der Waals surface area contributed by atoms with Gasteiger partial charge in [0.05, 0.1) is 0 Å². The van der Waals surface area contributed by atoms with Crippen molar-refractivity contribution in [3.63, 3.8) is 0 Å². The van der Waals surface area contributed by atoms with Crippen LogP contribution >= 0.6 is 11.6 Å². The van der Waals surface area contributed by atoms with Crippen molar-refractivity contribution in [3.05, 3.63) is 34.6 Å². The summed E-state index contributed by atoms with van der Waals surface area (Å²) in [6.07, 6.45) is 2.05. The molecule has 1 unspecified atom stereocenters. The Morgan fingerprint density at radius 1 is 1.21 bits per heavy atom. The van der Waals surface area contributed by atoms with E-state index in [1.165, 1.54) is 12.1 Å². The van der Waals surface area contributed by atoms with E-state index in [-0.39, 0.29) is 5.82 Å². The second kappa shape index (κ2) is 7.86. The molecule has 1 nitrogen and oxygen atoms in total. The van der Waals surface area contributed by atoms with Crippen LogP contribution in [-0.2, 0) is 6.42 Å². The summed E-state index contributed by atoms with van der Waals surface area (Å²) in [6, 6.07) is 5.18. The molecule has 0 aliphatic carbocycles. The van der Waals surface area contributed by atoms with Crippen molar-refractivity contribution in [2.45, 2.75) is 46.6 Å². The molecular formula is C16H25ClFN. The fourth-order valence-corrected chi connectivity index (χ4v) is 2.55. The highest BCUT2D eigenvalue weighted by Gasteiger charge is 2.14. The molecule has 0 radical (unpaired) electrons. The van der Waals surface area contributed by atoms with Gasteiger partial charge in [-0.05, 0) is 48.9 Å². The quantitative estimate of drug-likeness (QED) is 0.767. The van der Waals surface area contributed by atoms with E-state index in [0.29, 0.717) is 22.9 Å². The summed E-state index contributed by atoms with van der Waals surface area (Å²) in [4.78, 5) is 0. The van der Waals surface area contributed by atoms with Gasteiger partial charge in [0.25, 0.3) is 0 Å². The molecule has 0 aliphatic rings. The van der Waals surface area contributed by atoms with E-state index in [1.807, 2.05) is 0 Å². The van der Waals surface area contributed by atoms with Crippen LogP contribution in [-0.4, -0.2) is 12.6 Å². The molecule has 3 heteroatoms. The van der Waals surface area contributed by atoms with Gasteiger partial charge in [0, 0.05) is 11.1 Å². The van der Waals surface area contributed by atoms with Crippen molar-refractivity contribution in [1.29, 1.82) is 0 Å². The maximum atomic E-state index is 13.1. The third kappa shape index (κ3) is 6.40. The fourth-order valence-electron chi connectivity index (χ4n) is 2.31. The molecule has 0 bridgehead atoms. The van der Waals surface area contributed by atoms with Crippen molar-refractivity contribution in [2.75, 3.05) is 6.54 Å². The Morgan fingerprint density at radius 3 is 2.42 bits per heavy atom. The number of halogens is 2. The highest BCUT2D eigenvalue weighted by Crippen LogP contribution is 2.23. The molecule has 0 saturated carbocycles. The van der Waals surface area contributed by atoms with E-state index in [1.54, 1.807) is 6.07 Å². The van der Waals surface area contributed by atoms with Crippen LogP contribution in [0.15, 0.2) is 18.2 Å². The lowest BCUT2D eigenvalue weighted by Crippen LogP contribution is -2.30. The Labute approximate surface area is 121 Å². The zero-order valence-corrected chi connectivity index (χ0v) is 13.1. The predicted octanol–water partition coefficient (Wildman–Crippen LogP) is 4.68. The third-order valence-corrected chi connectivity index (χ3v) is 3.50. The van der Waals surface area contributed by atoms with Gasteiger partial charge in [0.2, 0.25) is 0 Å². The summed E-state index contributed by atoms with van der Waals surface area (Å²) in [5.41, 5.74) is 1.04. The number of hydrogen-bond acceptors (Lipinski definition) is 1. The summed E-state index contributed by atoms with van der Waals surface area (Å²) in [7, 11) is 0. The summed E-state index contributed by atoms with van der Waals surface area (Å²) in [5, 5.41) is 4.02. The van der Waals surface area contributed by atoms with E-state index in [9.17, 15) is 4.39 Å². The first-order chi connectivity index (χ1) is 8.88. The number of hydrogen-bond donors (Lipinski definition) is 1. The predicted molar refractivity (Wildman–Crippen MR) is 81.2 cm³/mol. The van der Waals surface area contributed by atoms with Crippen LogP contribution in [0.5, 0.6) is 0 Å². The maximum Gasteiger partial charge on any atom is 0.124 e. The fraction of sp³-hybridized carbons (Fsp3) is 0.625. The van der Waals surface area contributed by atoms with E-state index in [2.05, 4.69) is 33.0 Å². The van der Waals surface area contributed by atoms with Gasteiger partial charge >= 0.3 is 0 Å². The maximum absolute atomic E-state index is 13.1. The standard InChI is InChI=1S/C16H25ClFN/c1-11(2)7-13(10-19-12(3)4)8-14-5-6-15(18)9-16(14)17/h5-6,9,11-13,19H,7-8,10H2,1-4H3. The summed E-state index contributed by atoms with van der Waals surface area (Å²) >= 11 is 6.11.